The van der Waals surface area contributed by atoms with Crippen LogP contribution >= 0.6 is 15.9 Å². The van der Waals surface area contributed by atoms with Gasteiger partial charge >= 0.3 is 0 Å². The molecule has 0 aliphatic carbocycles. The lowest BCUT2D eigenvalue weighted by Crippen LogP contribution is -2.20. The monoisotopic (exact) mass is 316 g/mol. The molecule has 0 aromatic heterocycles. The molecule has 0 spiro atoms. The van der Waals surface area contributed by atoms with E-state index in [-0.39, 0.29) is 5.78 Å². The average Bonchev–Trinajstić information content (AvgIpc) is 2.37. The second kappa shape index (κ2) is 6.75. The summed E-state index contributed by atoms with van der Waals surface area (Å²) in [6, 6.07) is 3.27. The Morgan fingerprint density at radius 3 is 2.56 bits per heavy atom. The van der Waals surface area contributed by atoms with Gasteiger partial charge in [0.05, 0.1) is 19.8 Å². The number of halogens is 1. The number of hydrogen-bond donors (Lipinski definition) is 1. The summed E-state index contributed by atoms with van der Waals surface area (Å²) < 4.78 is 10.9. The molecule has 1 aromatic rings. The van der Waals surface area contributed by atoms with Gasteiger partial charge in [-0.15, -0.1) is 0 Å². The molecule has 0 aliphatic heterocycles. The summed E-state index contributed by atoms with van der Waals surface area (Å²) in [6.45, 7) is 1.91. The van der Waals surface area contributed by atoms with Crippen molar-refractivity contribution in [2.75, 3.05) is 14.2 Å². The van der Waals surface area contributed by atoms with Crippen molar-refractivity contribution in [2.24, 2.45) is 0 Å². The molecule has 0 aliphatic rings. The standard InChI is InChI=1S/C13H17BrO4/c1-4-5-9(15)12(16)8-6-7-10(17-2)11(14)13(8)18-3/h6-7,9,15H,4-5H2,1-3H3. The first-order valence-electron chi connectivity index (χ1n) is 5.69. The zero-order chi connectivity index (χ0) is 13.7. The summed E-state index contributed by atoms with van der Waals surface area (Å²) in [4.78, 5) is 12.1. The molecule has 1 atom stereocenters. The maximum absolute atomic E-state index is 12.1. The van der Waals surface area contributed by atoms with Crippen LogP contribution in [0.3, 0.4) is 0 Å². The molecule has 18 heavy (non-hydrogen) atoms. The van der Waals surface area contributed by atoms with Gasteiger partial charge in [-0.3, -0.25) is 4.79 Å². The van der Waals surface area contributed by atoms with Crippen LogP contribution in [0.2, 0.25) is 0 Å². The van der Waals surface area contributed by atoms with Crippen LogP contribution in [0.1, 0.15) is 30.1 Å². The quantitative estimate of drug-likeness (QED) is 0.820. The van der Waals surface area contributed by atoms with E-state index < -0.39 is 6.10 Å². The van der Waals surface area contributed by atoms with Crippen LogP contribution in [0.5, 0.6) is 11.5 Å². The predicted molar refractivity (Wildman–Crippen MR) is 72.5 cm³/mol. The van der Waals surface area contributed by atoms with E-state index in [0.29, 0.717) is 28.0 Å². The summed E-state index contributed by atoms with van der Waals surface area (Å²) in [7, 11) is 3.01. The molecule has 0 heterocycles. The minimum atomic E-state index is -0.996. The maximum Gasteiger partial charge on any atom is 0.195 e. The van der Waals surface area contributed by atoms with Gasteiger partial charge < -0.3 is 14.6 Å². The number of aliphatic hydroxyl groups excluding tert-OH is 1. The summed E-state index contributed by atoms with van der Waals surface area (Å²) >= 11 is 3.33. The minimum absolute atomic E-state index is 0.336. The molecule has 0 saturated heterocycles. The minimum Gasteiger partial charge on any atom is -0.495 e. The van der Waals surface area contributed by atoms with Crippen LogP contribution in [-0.2, 0) is 0 Å². The summed E-state index contributed by atoms with van der Waals surface area (Å²) in [5.74, 6) is 0.625. The number of Topliss-reactive ketones (excluding diaryl/α,β-unsaturated/α-hetero) is 1. The molecule has 4 nitrogen and oxygen atoms in total. The van der Waals surface area contributed by atoms with Gasteiger partial charge in [-0.05, 0) is 34.5 Å². The van der Waals surface area contributed by atoms with Crippen molar-refractivity contribution < 1.29 is 19.4 Å². The van der Waals surface area contributed by atoms with Gasteiger partial charge in [-0.2, -0.15) is 0 Å². The second-order valence-corrected chi connectivity index (χ2v) is 4.62. The van der Waals surface area contributed by atoms with Crippen molar-refractivity contribution >= 4 is 21.7 Å². The fourth-order valence-corrected chi connectivity index (χ4v) is 2.34. The van der Waals surface area contributed by atoms with Crippen LogP contribution in [0.25, 0.3) is 0 Å². The lowest BCUT2D eigenvalue weighted by Gasteiger charge is -2.14. The SMILES string of the molecule is CCCC(O)C(=O)c1ccc(OC)c(Br)c1OC. The Balaban J connectivity index is 3.17. The lowest BCUT2D eigenvalue weighted by atomic mass is 10.0. The largest absolute Gasteiger partial charge is 0.495 e. The van der Waals surface area contributed by atoms with Gasteiger partial charge in [0.2, 0.25) is 0 Å². The molecular formula is C13H17BrO4. The molecule has 1 N–H and O–H groups in total. The normalized spacial score (nSPS) is 12.1. The van der Waals surface area contributed by atoms with Crippen LogP contribution in [0.4, 0.5) is 0 Å². The molecule has 100 valence electrons. The van der Waals surface area contributed by atoms with E-state index in [9.17, 15) is 9.90 Å². The van der Waals surface area contributed by atoms with Gasteiger partial charge in [0.25, 0.3) is 0 Å². The number of rotatable bonds is 6. The Morgan fingerprint density at radius 1 is 1.39 bits per heavy atom. The molecule has 1 rings (SSSR count). The number of carbonyl (C=O) groups is 1. The van der Waals surface area contributed by atoms with E-state index in [0.717, 1.165) is 6.42 Å². The summed E-state index contributed by atoms with van der Waals surface area (Å²) in [5.41, 5.74) is 0.353. The molecule has 1 aromatic carbocycles. The fourth-order valence-electron chi connectivity index (χ4n) is 1.67. The van der Waals surface area contributed by atoms with Gasteiger partial charge in [0.15, 0.2) is 5.78 Å². The Hall–Kier alpha value is -1.07. The number of carbonyl (C=O) groups excluding carboxylic acids is 1. The molecule has 5 heteroatoms. The molecule has 1 unspecified atom stereocenters. The lowest BCUT2D eigenvalue weighted by molar-refractivity contribution is 0.0726. The summed E-state index contributed by atoms with van der Waals surface area (Å²) in [6.07, 6.45) is 0.183. The van der Waals surface area contributed by atoms with Crippen molar-refractivity contribution in [1.29, 1.82) is 0 Å². The van der Waals surface area contributed by atoms with Crippen LogP contribution in [0, 0.1) is 0 Å². The topological polar surface area (TPSA) is 55.8 Å². The van der Waals surface area contributed by atoms with Crippen molar-refractivity contribution in [3.63, 3.8) is 0 Å². The molecule has 0 saturated carbocycles. The first kappa shape index (κ1) is 15.0. The van der Waals surface area contributed by atoms with Gasteiger partial charge in [0.1, 0.15) is 22.1 Å². The Kier molecular flexibility index (Phi) is 5.62. The van der Waals surface area contributed by atoms with E-state index in [1.165, 1.54) is 14.2 Å². The number of benzene rings is 1. The Labute approximate surface area is 115 Å². The van der Waals surface area contributed by atoms with Gasteiger partial charge in [0, 0.05) is 0 Å². The number of ketones is 1. The third-order valence-electron chi connectivity index (χ3n) is 2.62. The van der Waals surface area contributed by atoms with E-state index >= 15 is 0 Å². The van der Waals surface area contributed by atoms with Crippen LogP contribution < -0.4 is 9.47 Å². The van der Waals surface area contributed by atoms with Crippen LogP contribution in [0.15, 0.2) is 16.6 Å². The third-order valence-corrected chi connectivity index (χ3v) is 3.37. The fraction of sp³-hybridized carbons (Fsp3) is 0.462. The first-order chi connectivity index (χ1) is 8.56. The van der Waals surface area contributed by atoms with Crippen molar-refractivity contribution in [3.05, 3.63) is 22.2 Å². The zero-order valence-corrected chi connectivity index (χ0v) is 12.3. The molecule has 0 fully saturated rings. The summed E-state index contributed by atoms with van der Waals surface area (Å²) in [5, 5.41) is 9.76. The number of methoxy groups -OCH3 is 2. The van der Waals surface area contributed by atoms with Crippen molar-refractivity contribution in [3.8, 4) is 11.5 Å². The zero-order valence-electron chi connectivity index (χ0n) is 10.7. The van der Waals surface area contributed by atoms with E-state index in [4.69, 9.17) is 9.47 Å². The molecule has 0 radical (unpaired) electrons. The highest BCUT2D eigenvalue weighted by Crippen LogP contribution is 2.37. The smallest absolute Gasteiger partial charge is 0.195 e. The highest BCUT2D eigenvalue weighted by molar-refractivity contribution is 9.10. The van der Waals surface area contributed by atoms with E-state index in [1.807, 2.05) is 6.92 Å². The van der Waals surface area contributed by atoms with Crippen molar-refractivity contribution in [2.45, 2.75) is 25.9 Å². The third kappa shape index (κ3) is 3.03. The second-order valence-electron chi connectivity index (χ2n) is 3.83. The van der Waals surface area contributed by atoms with E-state index in [1.54, 1.807) is 12.1 Å². The van der Waals surface area contributed by atoms with Gasteiger partial charge in [-0.25, -0.2) is 0 Å². The maximum atomic E-state index is 12.1. The average molecular weight is 317 g/mol. The number of ether oxygens (including phenoxy) is 2. The molecule has 0 bridgehead atoms. The Morgan fingerprint density at radius 2 is 2.06 bits per heavy atom. The number of hydrogen-bond acceptors (Lipinski definition) is 4. The highest BCUT2D eigenvalue weighted by atomic mass is 79.9. The molecular weight excluding hydrogens is 300 g/mol. The first-order valence-corrected chi connectivity index (χ1v) is 6.48. The molecule has 0 amide bonds. The predicted octanol–water partition coefficient (Wildman–Crippen LogP) is 2.81. The van der Waals surface area contributed by atoms with Crippen LogP contribution in [-0.4, -0.2) is 31.2 Å². The van der Waals surface area contributed by atoms with Crippen molar-refractivity contribution in [1.82, 2.24) is 0 Å². The Bertz CT molecular complexity index is 431. The van der Waals surface area contributed by atoms with Gasteiger partial charge in [-0.1, -0.05) is 13.3 Å². The highest BCUT2D eigenvalue weighted by Gasteiger charge is 2.23. The number of aliphatic hydroxyl groups is 1. The van der Waals surface area contributed by atoms with E-state index in [2.05, 4.69) is 15.9 Å².